The second kappa shape index (κ2) is 7.87. The number of hydrogen-bond acceptors (Lipinski definition) is 5. The van der Waals surface area contributed by atoms with Crippen LogP contribution >= 0.6 is 0 Å². The van der Waals surface area contributed by atoms with Crippen molar-refractivity contribution < 1.29 is 19.1 Å². The Kier molecular flexibility index (Phi) is 5.87. The number of nitrogens with one attached hydrogen (secondary N) is 1. The van der Waals surface area contributed by atoms with Gasteiger partial charge in [0.2, 0.25) is 5.91 Å². The Morgan fingerprint density at radius 1 is 1.22 bits per heavy atom. The first-order chi connectivity index (χ1) is 11.0. The Bertz CT molecular complexity index is 573. The van der Waals surface area contributed by atoms with Crippen molar-refractivity contribution in [2.24, 2.45) is 0 Å². The van der Waals surface area contributed by atoms with Gasteiger partial charge in [-0.25, -0.2) is 4.79 Å². The van der Waals surface area contributed by atoms with Gasteiger partial charge in [0, 0.05) is 38.5 Å². The predicted molar refractivity (Wildman–Crippen MR) is 85.9 cm³/mol. The Balaban J connectivity index is 2.20. The molecule has 1 aliphatic rings. The number of carbonyl (C=O) groups excluding carboxylic acids is 3. The average Bonchev–Trinajstić information content (AvgIpc) is 2.51. The molecule has 1 heterocycles. The number of Topliss-reactive ketones (excluding diaryl/α,β-unsaturated/α-hetero) is 1. The molecule has 1 N–H and O–H groups in total. The lowest BCUT2D eigenvalue weighted by Crippen LogP contribution is -2.41. The molecule has 1 aliphatic heterocycles. The molecule has 0 aliphatic carbocycles. The fourth-order valence-corrected chi connectivity index (χ4v) is 2.70. The van der Waals surface area contributed by atoms with Crippen molar-refractivity contribution in [2.45, 2.75) is 32.7 Å². The van der Waals surface area contributed by atoms with Crippen LogP contribution in [0.2, 0.25) is 0 Å². The fourth-order valence-electron chi connectivity index (χ4n) is 2.70. The van der Waals surface area contributed by atoms with E-state index in [9.17, 15) is 14.4 Å². The van der Waals surface area contributed by atoms with Crippen LogP contribution < -0.4 is 5.32 Å². The molecule has 23 heavy (non-hydrogen) atoms. The molecular weight excluding hydrogens is 296 g/mol. The number of carbonyl (C=O) groups is 3. The van der Waals surface area contributed by atoms with E-state index in [-0.39, 0.29) is 17.7 Å². The molecule has 0 radical (unpaired) electrons. The van der Waals surface area contributed by atoms with Gasteiger partial charge in [0.15, 0.2) is 0 Å². The number of esters is 1. The number of anilines is 1. The summed E-state index contributed by atoms with van der Waals surface area (Å²) in [6.45, 7) is 4.63. The second-order valence-corrected chi connectivity index (χ2v) is 5.53. The van der Waals surface area contributed by atoms with Crippen LogP contribution in [0.25, 0.3) is 0 Å². The van der Waals surface area contributed by atoms with E-state index in [1.807, 2.05) is 17.0 Å². The van der Waals surface area contributed by atoms with Crippen LogP contribution in [0.15, 0.2) is 24.3 Å². The smallest absolute Gasteiger partial charge is 0.327 e. The Morgan fingerprint density at radius 2 is 1.83 bits per heavy atom. The molecular formula is C17H22N2O4. The summed E-state index contributed by atoms with van der Waals surface area (Å²) in [4.78, 5) is 36.9. The molecule has 1 unspecified atom stereocenters. The van der Waals surface area contributed by atoms with Gasteiger partial charge in [-0.3, -0.25) is 14.5 Å². The van der Waals surface area contributed by atoms with E-state index in [0.29, 0.717) is 38.2 Å². The third-order valence-electron chi connectivity index (χ3n) is 3.78. The third kappa shape index (κ3) is 4.63. The van der Waals surface area contributed by atoms with E-state index in [1.165, 1.54) is 6.92 Å². The van der Waals surface area contributed by atoms with E-state index >= 15 is 0 Å². The lowest BCUT2D eigenvalue weighted by molar-refractivity contribution is -0.151. The zero-order valence-electron chi connectivity index (χ0n) is 13.5. The lowest BCUT2D eigenvalue weighted by atomic mass is 10.0. The summed E-state index contributed by atoms with van der Waals surface area (Å²) in [6.07, 6.45) is 0.916. The van der Waals surface area contributed by atoms with E-state index in [0.717, 1.165) is 5.56 Å². The van der Waals surface area contributed by atoms with Crippen molar-refractivity contribution in [3.8, 4) is 0 Å². The first-order valence-electron chi connectivity index (χ1n) is 7.81. The highest BCUT2D eigenvalue weighted by molar-refractivity contribution is 5.88. The number of piperidine rings is 1. The van der Waals surface area contributed by atoms with Gasteiger partial charge in [0.05, 0.1) is 6.61 Å². The molecule has 6 nitrogen and oxygen atoms in total. The van der Waals surface area contributed by atoms with Crippen LogP contribution in [0.4, 0.5) is 5.69 Å². The summed E-state index contributed by atoms with van der Waals surface area (Å²) in [7, 11) is 0. The molecule has 0 bridgehead atoms. The highest BCUT2D eigenvalue weighted by Gasteiger charge is 2.31. The maximum atomic E-state index is 12.4. The van der Waals surface area contributed by atoms with Crippen molar-refractivity contribution >= 4 is 23.3 Å². The van der Waals surface area contributed by atoms with Crippen LogP contribution in [0.1, 0.15) is 38.3 Å². The minimum absolute atomic E-state index is 0.144. The number of likely N-dealkylation sites (tertiary alicyclic amines) is 1. The predicted octanol–water partition coefficient (Wildman–Crippen LogP) is 1.91. The molecule has 1 aromatic carbocycles. The van der Waals surface area contributed by atoms with Crippen LogP contribution in [-0.4, -0.2) is 42.3 Å². The molecule has 2 rings (SSSR count). The average molecular weight is 318 g/mol. The number of amides is 1. The van der Waals surface area contributed by atoms with Crippen LogP contribution in [-0.2, 0) is 19.1 Å². The van der Waals surface area contributed by atoms with Crippen molar-refractivity contribution in [2.75, 3.05) is 25.0 Å². The molecule has 6 heteroatoms. The molecule has 1 aromatic rings. The molecule has 0 saturated carbocycles. The normalized spacial score (nSPS) is 16.7. The largest absolute Gasteiger partial charge is 0.465 e. The van der Waals surface area contributed by atoms with E-state index in [4.69, 9.17) is 4.74 Å². The zero-order chi connectivity index (χ0) is 16.8. The monoisotopic (exact) mass is 318 g/mol. The minimum Gasteiger partial charge on any atom is -0.465 e. The SMILES string of the molecule is CCOC(=O)C(c1ccc(NC(C)=O)cc1)N1CCC(=O)CC1. The van der Waals surface area contributed by atoms with Crippen molar-refractivity contribution in [3.63, 3.8) is 0 Å². The first-order valence-corrected chi connectivity index (χ1v) is 7.81. The van der Waals surface area contributed by atoms with Gasteiger partial charge < -0.3 is 10.1 Å². The third-order valence-corrected chi connectivity index (χ3v) is 3.78. The van der Waals surface area contributed by atoms with Crippen LogP contribution in [0.5, 0.6) is 0 Å². The van der Waals surface area contributed by atoms with Gasteiger partial charge in [-0.15, -0.1) is 0 Å². The quantitative estimate of drug-likeness (QED) is 0.839. The van der Waals surface area contributed by atoms with Gasteiger partial charge in [0.25, 0.3) is 0 Å². The number of ketones is 1. The maximum Gasteiger partial charge on any atom is 0.327 e. The van der Waals surface area contributed by atoms with Crippen LogP contribution in [0.3, 0.4) is 0 Å². The summed E-state index contributed by atoms with van der Waals surface area (Å²) >= 11 is 0. The number of ether oxygens (including phenoxy) is 1. The number of nitrogens with zero attached hydrogens (tertiary/aromatic N) is 1. The first kappa shape index (κ1) is 17.1. The van der Waals surface area contributed by atoms with E-state index in [1.54, 1.807) is 19.1 Å². The Hall–Kier alpha value is -2.21. The van der Waals surface area contributed by atoms with E-state index in [2.05, 4.69) is 5.32 Å². The Labute approximate surface area is 135 Å². The molecule has 1 fully saturated rings. The summed E-state index contributed by atoms with van der Waals surface area (Å²) in [5, 5.41) is 2.70. The number of rotatable bonds is 5. The van der Waals surface area contributed by atoms with Gasteiger partial charge in [-0.05, 0) is 24.6 Å². The van der Waals surface area contributed by atoms with E-state index < -0.39 is 6.04 Å². The van der Waals surface area contributed by atoms with Gasteiger partial charge >= 0.3 is 5.97 Å². The molecule has 124 valence electrons. The van der Waals surface area contributed by atoms with Crippen molar-refractivity contribution in [1.82, 2.24) is 4.90 Å². The lowest BCUT2D eigenvalue weighted by Gasteiger charge is -2.32. The fraction of sp³-hybridized carbons (Fsp3) is 0.471. The zero-order valence-corrected chi connectivity index (χ0v) is 13.5. The van der Waals surface area contributed by atoms with Crippen molar-refractivity contribution in [1.29, 1.82) is 0 Å². The van der Waals surface area contributed by atoms with Gasteiger partial charge in [-0.2, -0.15) is 0 Å². The Morgan fingerprint density at radius 3 is 2.35 bits per heavy atom. The summed E-state index contributed by atoms with van der Waals surface area (Å²) in [5.41, 5.74) is 1.48. The molecule has 0 spiro atoms. The molecule has 1 atom stereocenters. The highest BCUT2D eigenvalue weighted by Crippen LogP contribution is 2.26. The molecule has 1 amide bonds. The summed E-state index contributed by atoms with van der Waals surface area (Å²) < 4.78 is 5.20. The minimum atomic E-state index is -0.519. The summed E-state index contributed by atoms with van der Waals surface area (Å²) in [6, 6.07) is 6.62. The molecule has 0 aromatic heterocycles. The van der Waals surface area contributed by atoms with Crippen molar-refractivity contribution in [3.05, 3.63) is 29.8 Å². The number of hydrogen-bond donors (Lipinski definition) is 1. The van der Waals surface area contributed by atoms with Gasteiger partial charge in [0.1, 0.15) is 11.8 Å². The number of benzene rings is 1. The summed E-state index contributed by atoms with van der Waals surface area (Å²) in [5.74, 6) is -0.228. The molecule has 1 saturated heterocycles. The standard InChI is InChI=1S/C17H22N2O4/c1-3-23-17(22)16(19-10-8-15(21)9-11-19)13-4-6-14(7-5-13)18-12(2)20/h4-7,16H,3,8-11H2,1-2H3,(H,18,20). The van der Waals surface area contributed by atoms with Crippen LogP contribution in [0, 0.1) is 0 Å². The van der Waals surface area contributed by atoms with Gasteiger partial charge in [-0.1, -0.05) is 12.1 Å². The highest BCUT2D eigenvalue weighted by atomic mass is 16.5. The maximum absolute atomic E-state index is 12.4. The second-order valence-electron chi connectivity index (χ2n) is 5.53. The topological polar surface area (TPSA) is 75.7 Å².